The third-order valence-corrected chi connectivity index (χ3v) is 3.06. The molecule has 1 atom stereocenters. The van der Waals surface area contributed by atoms with Gasteiger partial charge in [-0.3, -0.25) is 0 Å². The molecule has 0 spiro atoms. The zero-order valence-corrected chi connectivity index (χ0v) is 11.3. The summed E-state index contributed by atoms with van der Waals surface area (Å²) in [6.07, 6.45) is 8.47. The van der Waals surface area contributed by atoms with E-state index in [0.717, 1.165) is 18.6 Å². The maximum absolute atomic E-state index is 11.7. The van der Waals surface area contributed by atoms with Crippen LogP contribution in [0.2, 0.25) is 0 Å². The Bertz CT molecular complexity index is 283. The lowest BCUT2D eigenvalue weighted by Crippen LogP contribution is -2.36. The molecular formula is C14H24O3. The Kier molecular flexibility index (Phi) is 5.52. The van der Waals surface area contributed by atoms with Crippen LogP contribution in [-0.2, 0) is 14.3 Å². The van der Waals surface area contributed by atoms with Crippen LogP contribution < -0.4 is 0 Å². The van der Waals surface area contributed by atoms with E-state index in [1.54, 1.807) is 6.92 Å². The average Bonchev–Trinajstić information content (AvgIpc) is 2.69. The van der Waals surface area contributed by atoms with E-state index in [9.17, 15) is 4.79 Å². The predicted octanol–water partition coefficient (Wildman–Crippen LogP) is 3.58. The predicted molar refractivity (Wildman–Crippen MR) is 67.6 cm³/mol. The van der Waals surface area contributed by atoms with Gasteiger partial charge in [-0.1, -0.05) is 26.2 Å². The van der Waals surface area contributed by atoms with Crippen LogP contribution in [0, 0.1) is 0 Å². The largest absolute Gasteiger partial charge is 0.480 e. The molecule has 3 nitrogen and oxygen atoms in total. The average molecular weight is 240 g/mol. The first-order valence-corrected chi connectivity index (χ1v) is 6.67. The molecule has 0 aromatic rings. The second-order valence-electron chi connectivity index (χ2n) is 4.74. The van der Waals surface area contributed by atoms with Gasteiger partial charge in [0, 0.05) is 12.8 Å². The van der Waals surface area contributed by atoms with Gasteiger partial charge in [0.15, 0.2) is 0 Å². The molecule has 0 fully saturated rings. The Balaban J connectivity index is 2.31. The van der Waals surface area contributed by atoms with Gasteiger partial charge in [0.25, 0.3) is 0 Å². The minimum Gasteiger partial charge on any atom is -0.480 e. The van der Waals surface area contributed by atoms with Crippen molar-refractivity contribution in [3.05, 3.63) is 11.8 Å². The molecule has 1 unspecified atom stereocenters. The summed E-state index contributed by atoms with van der Waals surface area (Å²) in [4.78, 5) is 11.7. The highest BCUT2D eigenvalue weighted by molar-refractivity contribution is 5.80. The molecule has 0 radical (unpaired) electrons. The zero-order chi connectivity index (χ0) is 12.7. The second kappa shape index (κ2) is 6.67. The van der Waals surface area contributed by atoms with Crippen LogP contribution in [0.4, 0.5) is 0 Å². The monoisotopic (exact) mass is 240 g/mol. The van der Waals surface area contributed by atoms with Gasteiger partial charge in [0.05, 0.1) is 12.4 Å². The normalized spacial score (nSPS) is 23.1. The van der Waals surface area contributed by atoms with Crippen molar-refractivity contribution in [2.75, 3.05) is 6.61 Å². The van der Waals surface area contributed by atoms with Gasteiger partial charge in [-0.25, -0.2) is 4.79 Å². The third kappa shape index (κ3) is 4.06. The zero-order valence-electron chi connectivity index (χ0n) is 11.3. The van der Waals surface area contributed by atoms with Crippen molar-refractivity contribution in [1.29, 1.82) is 0 Å². The lowest BCUT2D eigenvalue weighted by atomic mass is 10.0. The van der Waals surface area contributed by atoms with Crippen LogP contribution in [0.15, 0.2) is 11.8 Å². The number of unbranched alkanes of at least 4 members (excludes halogenated alkanes) is 3. The Labute approximate surface area is 104 Å². The molecule has 1 rings (SSSR count). The summed E-state index contributed by atoms with van der Waals surface area (Å²) >= 11 is 0. The molecule has 1 aliphatic rings. The summed E-state index contributed by atoms with van der Waals surface area (Å²) in [6, 6.07) is 0. The first-order valence-electron chi connectivity index (χ1n) is 6.67. The maximum atomic E-state index is 11.7. The van der Waals surface area contributed by atoms with E-state index in [1.165, 1.54) is 19.3 Å². The van der Waals surface area contributed by atoms with Crippen molar-refractivity contribution in [1.82, 2.24) is 0 Å². The van der Waals surface area contributed by atoms with Gasteiger partial charge in [-0.15, -0.1) is 0 Å². The summed E-state index contributed by atoms with van der Waals surface area (Å²) < 4.78 is 10.8. The molecule has 0 aliphatic carbocycles. The van der Waals surface area contributed by atoms with E-state index in [1.807, 2.05) is 13.0 Å². The van der Waals surface area contributed by atoms with Gasteiger partial charge in [-0.2, -0.15) is 0 Å². The smallest absolute Gasteiger partial charge is 0.350 e. The van der Waals surface area contributed by atoms with Crippen LogP contribution >= 0.6 is 0 Å². The van der Waals surface area contributed by atoms with E-state index in [4.69, 9.17) is 9.47 Å². The molecule has 0 saturated carbocycles. The number of hydrogen-bond donors (Lipinski definition) is 0. The first kappa shape index (κ1) is 14.1. The van der Waals surface area contributed by atoms with Gasteiger partial charge in [0.1, 0.15) is 0 Å². The quantitative estimate of drug-likeness (QED) is 0.504. The van der Waals surface area contributed by atoms with E-state index in [0.29, 0.717) is 13.0 Å². The summed E-state index contributed by atoms with van der Waals surface area (Å²) in [7, 11) is 0. The summed E-state index contributed by atoms with van der Waals surface area (Å²) in [5, 5.41) is 0. The van der Waals surface area contributed by atoms with E-state index in [2.05, 4.69) is 6.92 Å². The minimum atomic E-state index is -0.782. The molecule has 17 heavy (non-hydrogen) atoms. The highest BCUT2D eigenvalue weighted by Crippen LogP contribution is 2.31. The van der Waals surface area contributed by atoms with Crippen LogP contribution in [0.25, 0.3) is 0 Å². The summed E-state index contributed by atoms with van der Waals surface area (Å²) in [5.41, 5.74) is -0.782. The highest BCUT2D eigenvalue weighted by atomic mass is 16.6. The van der Waals surface area contributed by atoms with Crippen molar-refractivity contribution in [3.8, 4) is 0 Å². The van der Waals surface area contributed by atoms with Crippen molar-refractivity contribution in [2.24, 2.45) is 0 Å². The number of ether oxygens (including phenoxy) is 2. The van der Waals surface area contributed by atoms with Crippen molar-refractivity contribution in [2.45, 2.75) is 64.9 Å². The third-order valence-electron chi connectivity index (χ3n) is 3.06. The van der Waals surface area contributed by atoms with Crippen LogP contribution in [0.5, 0.6) is 0 Å². The van der Waals surface area contributed by atoms with E-state index < -0.39 is 5.60 Å². The fourth-order valence-corrected chi connectivity index (χ4v) is 1.97. The highest BCUT2D eigenvalue weighted by Gasteiger charge is 2.40. The van der Waals surface area contributed by atoms with E-state index in [-0.39, 0.29) is 5.97 Å². The number of carbonyl (C=O) groups excluding carboxylic acids is 1. The number of esters is 1. The standard InChI is InChI=1S/C14H24O3/c1-4-6-7-8-9-12-10-11-14(3,17-12)13(15)16-5-2/h10H,4-9,11H2,1-3H3. The topological polar surface area (TPSA) is 35.5 Å². The lowest BCUT2D eigenvalue weighted by Gasteiger charge is -2.23. The summed E-state index contributed by atoms with van der Waals surface area (Å²) in [5.74, 6) is 0.705. The van der Waals surface area contributed by atoms with Crippen molar-refractivity contribution >= 4 is 5.97 Å². The van der Waals surface area contributed by atoms with Gasteiger partial charge in [-0.05, 0) is 26.3 Å². The lowest BCUT2D eigenvalue weighted by molar-refractivity contribution is -0.163. The molecule has 1 heterocycles. The van der Waals surface area contributed by atoms with E-state index >= 15 is 0 Å². The van der Waals surface area contributed by atoms with Crippen LogP contribution in [-0.4, -0.2) is 18.2 Å². The van der Waals surface area contributed by atoms with Crippen molar-refractivity contribution in [3.63, 3.8) is 0 Å². The first-order chi connectivity index (χ1) is 8.12. The Morgan fingerprint density at radius 3 is 2.82 bits per heavy atom. The van der Waals surface area contributed by atoms with Gasteiger partial charge in [0.2, 0.25) is 5.60 Å². The Hall–Kier alpha value is -0.990. The fraction of sp³-hybridized carbons (Fsp3) is 0.786. The minimum absolute atomic E-state index is 0.250. The molecule has 0 bridgehead atoms. The Morgan fingerprint density at radius 1 is 1.41 bits per heavy atom. The van der Waals surface area contributed by atoms with Gasteiger partial charge >= 0.3 is 5.97 Å². The maximum Gasteiger partial charge on any atom is 0.350 e. The SMILES string of the molecule is CCCCCCC1=CCC(C)(C(=O)OCC)O1. The number of rotatable bonds is 7. The second-order valence-corrected chi connectivity index (χ2v) is 4.74. The number of allylic oxidation sites excluding steroid dienone is 1. The molecule has 1 aliphatic heterocycles. The molecule has 98 valence electrons. The molecule has 0 N–H and O–H groups in total. The number of carbonyl (C=O) groups is 1. The molecule has 0 amide bonds. The molecule has 0 aromatic heterocycles. The van der Waals surface area contributed by atoms with Gasteiger partial charge < -0.3 is 9.47 Å². The summed E-state index contributed by atoms with van der Waals surface area (Å²) in [6.45, 7) is 6.22. The van der Waals surface area contributed by atoms with Crippen LogP contribution in [0.3, 0.4) is 0 Å². The van der Waals surface area contributed by atoms with Crippen molar-refractivity contribution < 1.29 is 14.3 Å². The van der Waals surface area contributed by atoms with Crippen LogP contribution in [0.1, 0.15) is 59.3 Å². The molecule has 0 saturated heterocycles. The Morgan fingerprint density at radius 2 is 2.18 bits per heavy atom. The molecular weight excluding hydrogens is 216 g/mol. The fourth-order valence-electron chi connectivity index (χ4n) is 1.97. The molecule has 0 aromatic carbocycles. The molecule has 3 heteroatoms. The number of hydrogen-bond acceptors (Lipinski definition) is 3.